The maximum atomic E-state index is 13.7. The smallest absolute Gasteiger partial charge is 0.410 e. The van der Waals surface area contributed by atoms with E-state index < -0.39 is 108 Å². The summed E-state index contributed by atoms with van der Waals surface area (Å²) >= 11 is 0. The van der Waals surface area contributed by atoms with Crippen LogP contribution in [0.15, 0.2) is 140 Å². The number of hydrogen-bond donors (Lipinski definition) is 3. The third-order valence-electron chi connectivity index (χ3n) is 12.5. The number of likely N-dealkylation sites (N-methyl/N-ethyl adjacent to an activating group) is 2. The molecule has 5 rings (SSSR count). The number of carbonyl (C=O) groups is 9. The summed E-state index contributed by atoms with van der Waals surface area (Å²) in [6.45, 7) is 13.8. The van der Waals surface area contributed by atoms with Crippen LogP contribution in [0.3, 0.4) is 0 Å². The second kappa shape index (κ2) is 33.1. The van der Waals surface area contributed by atoms with E-state index >= 15 is 0 Å². The highest BCUT2D eigenvalue weighted by Gasteiger charge is 2.39. The van der Waals surface area contributed by atoms with Gasteiger partial charge in [0.2, 0.25) is 0 Å². The van der Waals surface area contributed by atoms with Crippen molar-refractivity contribution < 1.29 is 90.5 Å². The number of ketones is 1. The molecule has 0 aliphatic heterocycles. The van der Waals surface area contributed by atoms with E-state index in [0.29, 0.717) is 16.9 Å². The van der Waals surface area contributed by atoms with Gasteiger partial charge in [-0.05, 0) is 96.7 Å². The van der Waals surface area contributed by atoms with Crippen LogP contribution in [-0.4, -0.2) is 144 Å². The number of aliphatic carboxylic acids is 1. The number of carboxylic acid groups (broad SMARTS) is 1. The highest BCUT2D eigenvalue weighted by atomic mass is 16.6. The molecule has 0 radical (unpaired) electrons. The van der Waals surface area contributed by atoms with Crippen molar-refractivity contribution >= 4 is 54.0 Å². The molecule has 0 unspecified atom stereocenters. The number of carbonyl (C=O) groups excluding carboxylic acids is 8. The molecule has 0 heterocycles. The SMILES string of the molecule is COc1ccc(C[C@@H](C(=O)O[C@H](C)[C@H](NC(=O)OC(C)(C)C)C(=O)O)N(C)C(=O)OCc2ccccc2)cc1.Cc1ccc(C[C@@H](C(=O)O[C@H](C)[C@H](NC(=O)OC(C)(C)C)C(=O)OCC(=O)c2ccccc2)N(C)C(=O)OCc2ccccc2)cc1.[2HH].[2H][2H]. The summed E-state index contributed by atoms with van der Waals surface area (Å²) in [5.41, 5.74) is 2.55. The lowest BCUT2D eigenvalue weighted by atomic mass is 10.0. The zero-order chi connectivity index (χ0) is 65.7. The van der Waals surface area contributed by atoms with Gasteiger partial charge < -0.3 is 53.6 Å². The van der Waals surface area contributed by atoms with E-state index in [-0.39, 0.29) is 27.5 Å². The first kappa shape index (κ1) is 67.3. The van der Waals surface area contributed by atoms with Crippen molar-refractivity contribution in [3.05, 3.63) is 173 Å². The molecule has 0 spiro atoms. The van der Waals surface area contributed by atoms with Crippen LogP contribution in [-0.2, 0) is 78.4 Å². The largest absolute Gasteiger partial charge is 0.497 e. The number of benzene rings is 5. The van der Waals surface area contributed by atoms with E-state index in [1.165, 1.54) is 35.1 Å². The minimum Gasteiger partial charge on any atom is -0.497 e. The molecule has 3 N–H and O–H groups in total. The fourth-order valence-electron chi connectivity index (χ4n) is 7.80. The number of aryl methyl sites for hydroxylation is 1. The van der Waals surface area contributed by atoms with Gasteiger partial charge in [-0.15, -0.1) is 0 Å². The standard InChI is InChI=1S/C36H42N2O9.C28H36N2O9.2H2/c1-24-17-19-26(20-18-24)21-29(38(6)35(43)45-22-27-13-9-7-10-14-27)32(40)46-25(2)31(37-34(42)47-36(3,4)5)33(41)44-23-30(39)28-15-11-8-12-16-28;1-18(23(24(31)32)29-26(34)39-28(2,3)4)38-25(33)22(16-19-12-14-21(36-6)15-13-19)30(5)27(35)37-17-20-10-8-7-9-11-20;;/h7-20,25,29,31H,21-23H2,1-6H3,(H,37,42);7-15,18,22-23H,16-17H2,1-6H3,(H,29,34)(H,31,32);2*1H/t25-,29+,31+;18-,22+,23+;;/m11../s1/i;;1+1D;1+1. The van der Waals surface area contributed by atoms with Crippen molar-refractivity contribution in [1.82, 2.24) is 20.4 Å². The van der Waals surface area contributed by atoms with Crippen molar-refractivity contribution in [2.24, 2.45) is 0 Å². The average molecular weight is 1200 g/mol. The molecule has 0 aromatic heterocycles. The molecule has 5 aromatic rings. The topological polar surface area (TPSA) is 278 Å². The second-order valence-electron chi connectivity index (χ2n) is 21.8. The van der Waals surface area contributed by atoms with Crippen LogP contribution in [0.5, 0.6) is 5.75 Å². The molecule has 5 aromatic carbocycles. The molecule has 86 heavy (non-hydrogen) atoms. The van der Waals surface area contributed by atoms with Crippen LogP contribution in [0.4, 0.5) is 19.2 Å². The van der Waals surface area contributed by atoms with Gasteiger partial charge in [-0.2, -0.15) is 0 Å². The second-order valence-corrected chi connectivity index (χ2v) is 21.8. The number of nitrogens with zero attached hydrogens (tertiary/aromatic N) is 2. The first-order valence-corrected chi connectivity index (χ1v) is 27.5. The van der Waals surface area contributed by atoms with Gasteiger partial charge in [0.05, 0.1) is 7.11 Å². The Morgan fingerprint density at radius 3 is 1.30 bits per heavy atom. The zero-order valence-corrected chi connectivity index (χ0v) is 50.6. The summed E-state index contributed by atoms with van der Waals surface area (Å²) in [6, 6.07) is 35.2. The Labute approximate surface area is 505 Å². The van der Waals surface area contributed by atoms with Crippen LogP contribution in [0.25, 0.3) is 0 Å². The normalized spacial score (nSPS) is 13.2. The van der Waals surface area contributed by atoms with Crippen molar-refractivity contribution in [3.63, 3.8) is 0 Å². The summed E-state index contributed by atoms with van der Waals surface area (Å²) in [7, 11) is 4.33. The lowest BCUT2D eigenvalue weighted by Gasteiger charge is -2.30. The lowest BCUT2D eigenvalue weighted by molar-refractivity contribution is -0.161. The number of ether oxygens (including phenoxy) is 8. The van der Waals surface area contributed by atoms with Crippen LogP contribution in [0.1, 0.15) is 98.0 Å². The molecule has 22 heteroatoms. The molecule has 0 bridgehead atoms. The molecular weight excluding hydrogens is 1110 g/mol. The Bertz CT molecular complexity index is 3040. The maximum Gasteiger partial charge on any atom is 0.410 e. The highest BCUT2D eigenvalue weighted by Crippen LogP contribution is 2.20. The molecule has 0 saturated heterocycles. The van der Waals surface area contributed by atoms with Crippen molar-refractivity contribution in [2.75, 3.05) is 27.8 Å². The molecule has 0 aliphatic rings. The molecule has 6 atom stereocenters. The molecule has 466 valence electrons. The Kier molecular flexibility index (Phi) is 25.9. The average Bonchev–Trinajstić information content (AvgIpc) is 2.06. The molecule has 0 aliphatic carbocycles. The molecular formula is C64H82N4O18. The van der Waals surface area contributed by atoms with Crippen LogP contribution in [0, 0.1) is 6.92 Å². The number of rotatable bonds is 24. The van der Waals surface area contributed by atoms with Crippen LogP contribution >= 0.6 is 0 Å². The molecule has 22 nitrogen and oxygen atoms in total. The number of hydrogen-bond acceptors (Lipinski definition) is 17. The van der Waals surface area contributed by atoms with Gasteiger partial charge >= 0.3 is 48.3 Å². The van der Waals surface area contributed by atoms with Crippen LogP contribution in [0.2, 0.25) is 0 Å². The minimum absolute atomic E-state index is 0. The third-order valence-corrected chi connectivity index (χ3v) is 12.5. The fraction of sp³-hybridized carbons (Fsp3) is 0.391. The number of nitrogens with one attached hydrogen (secondary N) is 2. The highest BCUT2D eigenvalue weighted by molar-refractivity contribution is 5.98. The first-order chi connectivity index (χ1) is 41.5. The number of esters is 3. The van der Waals surface area contributed by atoms with Gasteiger partial charge in [-0.1, -0.05) is 133 Å². The van der Waals surface area contributed by atoms with E-state index in [9.17, 15) is 48.3 Å². The minimum atomic E-state index is -1.60. The Morgan fingerprint density at radius 1 is 0.523 bits per heavy atom. The van der Waals surface area contributed by atoms with Crippen molar-refractivity contribution in [3.8, 4) is 5.75 Å². The summed E-state index contributed by atoms with van der Waals surface area (Å²) in [6.07, 6.45) is -5.96. The number of amides is 4. The van der Waals surface area contributed by atoms with Gasteiger partial charge in [0, 0.05) is 36.9 Å². The number of methoxy groups -OCH3 is 1. The number of alkyl carbamates (subject to hydrolysis) is 2. The Balaban J connectivity index is 0.000000593. The summed E-state index contributed by atoms with van der Waals surface area (Å²) < 4.78 is 52.8. The van der Waals surface area contributed by atoms with Gasteiger partial charge in [-0.25, -0.2) is 38.4 Å². The van der Waals surface area contributed by atoms with E-state index in [1.54, 1.807) is 120 Å². The van der Waals surface area contributed by atoms with Gasteiger partial charge in [0.25, 0.3) is 0 Å². The lowest BCUT2D eigenvalue weighted by Crippen LogP contribution is -2.53. The van der Waals surface area contributed by atoms with E-state index in [1.807, 2.05) is 67.6 Å². The fourth-order valence-corrected chi connectivity index (χ4v) is 7.80. The predicted molar refractivity (Wildman–Crippen MR) is 319 cm³/mol. The maximum absolute atomic E-state index is 13.7. The monoisotopic (exact) mass is 1200 g/mol. The summed E-state index contributed by atoms with van der Waals surface area (Å²) in [5.74, 6) is -4.04. The van der Waals surface area contributed by atoms with Gasteiger partial charge in [-0.3, -0.25) is 14.6 Å². The quantitative estimate of drug-likeness (QED) is 0.0294. The van der Waals surface area contributed by atoms with E-state index in [4.69, 9.17) is 40.9 Å². The van der Waals surface area contributed by atoms with E-state index in [0.717, 1.165) is 32.1 Å². The van der Waals surface area contributed by atoms with Gasteiger partial charge in [0.1, 0.15) is 54.5 Å². The first-order valence-electron chi connectivity index (χ1n) is 28.5. The summed E-state index contributed by atoms with van der Waals surface area (Å²) in [4.78, 5) is 118. The molecule has 0 fully saturated rings. The van der Waals surface area contributed by atoms with E-state index in [2.05, 4.69) is 10.6 Å². The Hall–Kier alpha value is -9.47. The Morgan fingerprint density at radius 2 is 0.907 bits per heavy atom. The number of Topliss-reactive ketones (excluding diaryl/α,β-unsaturated/α-hetero) is 1. The van der Waals surface area contributed by atoms with Crippen molar-refractivity contribution in [2.45, 2.75) is 136 Å². The van der Waals surface area contributed by atoms with Gasteiger partial charge in [0.15, 0.2) is 24.5 Å². The van der Waals surface area contributed by atoms with Crippen LogP contribution < -0.4 is 15.4 Å². The summed E-state index contributed by atoms with van der Waals surface area (Å²) in [5, 5.41) is 14.3. The van der Waals surface area contributed by atoms with Crippen molar-refractivity contribution in [1.29, 1.82) is 0 Å². The molecule has 4 amide bonds. The predicted octanol–water partition coefficient (Wildman–Crippen LogP) is 9.70. The molecule has 0 saturated carbocycles. The number of carboxylic acids is 1. The third kappa shape index (κ3) is 24.0. The zero-order valence-electron chi connectivity index (χ0n) is 52.6.